The number of likely N-dealkylation sites (tertiary alicyclic amines) is 1. The van der Waals surface area contributed by atoms with Gasteiger partial charge in [-0.05, 0) is 18.8 Å². The van der Waals surface area contributed by atoms with Gasteiger partial charge >= 0.3 is 0 Å². The minimum Gasteiger partial charge on any atom is -0.336 e. The molecule has 17 heavy (non-hydrogen) atoms. The van der Waals surface area contributed by atoms with Crippen molar-refractivity contribution >= 4 is 29.0 Å². The van der Waals surface area contributed by atoms with E-state index in [1.807, 2.05) is 23.6 Å². The number of carbonyl (C=O) groups excluding carboxylic acids is 1. The Kier molecular flexibility index (Phi) is 2.96. The van der Waals surface area contributed by atoms with E-state index >= 15 is 0 Å². The van der Waals surface area contributed by atoms with Crippen LogP contribution >= 0.6 is 23.1 Å². The standard InChI is InChI=1S/C12H14N2OS2/c1-8-6-13-11(17-8)12(15)14-4-2-10-9(7-14)3-5-16-10/h3,5-6,9-10H,2,4,7H2,1H3. The average molecular weight is 266 g/mol. The van der Waals surface area contributed by atoms with Crippen LogP contribution in [-0.2, 0) is 0 Å². The highest BCUT2D eigenvalue weighted by Crippen LogP contribution is 2.36. The third kappa shape index (κ3) is 2.13. The maximum absolute atomic E-state index is 12.2. The number of nitrogens with zero attached hydrogens (tertiary/aromatic N) is 2. The lowest BCUT2D eigenvalue weighted by Gasteiger charge is -2.33. The van der Waals surface area contributed by atoms with Crippen LogP contribution in [0.3, 0.4) is 0 Å². The van der Waals surface area contributed by atoms with E-state index in [2.05, 4.69) is 16.5 Å². The summed E-state index contributed by atoms with van der Waals surface area (Å²) in [4.78, 5) is 19.5. The van der Waals surface area contributed by atoms with Crippen LogP contribution in [0.2, 0.25) is 0 Å². The number of aromatic nitrogens is 1. The van der Waals surface area contributed by atoms with E-state index in [0.29, 0.717) is 16.2 Å². The molecule has 0 saturated carbocycles. The number of fused-ring (bicyclic) bond motifs is 1. The van der Waals surface area contributed by atoms with Gasteiger partial charge in [0.15, 0.2) is 5.01 Å². The molecule has 5 heteroatoms. The Morgan fingerprint density at radius 2 is 2.47 bits per heavy atom. The Labute approximate surface area is 109 Å². The van der Waals surface area contributed by atoms with Crippen LogP contribution in [-0.4, -0.2) is 34.1 Å². The van der Waals surface area contributed by atoms with Crippen molar-refractivity contribution in [1.82, 2.24) is 9.88 Å². The first-order valence-electron chi connectivity index (χ1n) is 5.78. The third-order valence-corrected chi connectivity index (χ3v) is 5.41. The van der Waals surface area contributed by atoms with Gasteiger partial charge in [-0.15, -0.1) is 23.1 Å². The Balaban J connectivity index is 1.72. The van der Waals surface area contributed by atoms with Crippen LogP contribution in [0.25, 0.3) is 0 Å². The zero-order chi connectivity index (χ0) is 11.8. The van der Waals surface area contributed by atoms with Gasteiger partial charge in [0.05, 0.1) is 0 Å². The summed E-state index contributed by atoms with van der Waals surface area (Å²) >= 11 is 3.40. The third-order valence-electron chi connectivity index (χ3n) is 3.26. The molecule has 0 N–H and O–H groups in total. The maximum atomic E-state index is 12.2. The summed E-state index contributed by atoms with van der Waals surface area (Å²) in [5.41, 5.74) is 0. The number of hydrogen-bond acceptors (Lipinski definition) is 4. The fourth-order valence-corrected chi connectivity index (χ4v) is 4.18. The normalized spacial score (nSPS) is 27.2. The fourth-order valence-electron chi connectivity index (χ4n) is 2.33. The topological polar surface area (TPSA) is 33.2 Å². The number of aryl methyl sites for hydroxylation is 1. The Bertz CT molecular complexity index is 469. The fraction of sp³-hybridized carbons (Fsp3) is 0.500. The number of thioether (sulfide) groups is 1. The number of piperidine rings is 1. The van der Waals surface area contributed by atoms with Crippen molar-refractivity contribution in [2.75, 3.05) is 13.1 Å². The molecular weight excluding hydrogens is 252 g/mol. The molecule has 2 atom stereocenters. The van der Waals surface area contributed by atoms with Gasteiger partial charge in [-0.1, -0.05) is 6.08 Å². The highest BCUT2D eigenvalue weighted by atomic mass is 32.2. The van der Waals surface area contributed by atoms with Crippen molar-refractivity contribution in [1.29, 1.82) is 0 Å². The molecule has 3 nitrogen and oxygen atoms in total. The zero-order valence-electron chi connectivity index (χ0n) is 9.63. The van der Waals surface area contributed by atoms with Crippen LogP contribution < -0.4 is 0 Å². The summed E-state index contributed by atoms with van der Waals surface area (Å²) in [7, 11) is 0. The Morgan fingerprint density at radius 1 is 1.59 bits per heavy atom. The van der Waals surface area contributed by atoms with Crippen molar-refractivity contribution in [3.05, 3.63) is 27.6 Å². The lowest BCUT2D eigenvalue weighted by Crippen LogP contribution is -2.43. The second-order valence-electron chi connectivity index (χ2n) is 4.48. The van der Waals surface area contributed by atoms with Crippen molar-refractivity contribution in [3.8, 4) is 0 Å². The van der Waals surface area contributed by atoms with Gasteiger partial charge in [-0.25, -0.2) is 4.98 Å². The minimum absolute atomic E-state index is 0.104. The number of amides is 1. The molecule has 0 bridgehead atoms. The predicted molar refractivity (Wildman–Crippen MR) is 71.4 cm³/mol. The van der Waals surface area contributed by atoms with Crippen molar-refractivity contribution in [2.24, 2.45) is 5.92 Å². The first-order valence-corrected chi connectivity index (χ1v) is 7.54. The van der Waals surface area contributed by atoms with E-state index in [4.69, 9.17) is 0 Å². The van der Waals surface area contributed by atoms with Crippen molar-refractivity contribution in [2.45, 2.75) is 18.6 Å². The van der Waals surface area contributed by atoms with Gasteiger partial charge in [0.2, 0.25) is 0 Å². The van der Waals surface area contributed by atoms with E-state index in [1.165, 1.54) is 11.3 Å². The Hall–Kier alpha value is -0.810. The number of thiazole rings is 1. The first kappa shape index (κ1) is 11.3. The molecule has 1 amide bonds. The number of carbonyl (C=O) groups is 1. The van der Waals surface area contributed by atoms with Crippen LogP contribution in [0.4, 0.5) is 0 Å². The van der Waals surface area contributed by atoms with Crippen LogP contribution in [0.15, 0.2) is 17.7 Å². The molecule has 0 radical (unpaired) electrons. The Morgan fingerprint density at radius 3 is 3.24 bits per heavy atom. The molecule has 2 aliphatic rings. The predicted octanol–water partition coefficient (Wildman–Crippen LogP) is 2.54. The molecule has 2 unspecified atom stereocenters. The van der Waals surface area contributed by atoms with E-state index in [-0.39, 0.29) is 5.91 Å². The minimum atomic E-state index is 0.104. The summed E-state index contributed by atoms with van der Waals surface area (Å²) in [6, 6.07) is 0. The van der Waals surface area contributed by atoms with Gasteiger partial charge in [0.25, 0.3) is 5.91 Å². The van der Waals surface area contributed by atoms with Crippen molar-refractivity contribution in [3.63, 3.8) is 0 Å². The first-order chi connectivity index (χ1) is 8.24. The summed E-state index contributed by atoms with van der Waals surface area (Å²) in [5.74, 6) is 0.644. The lowest BCUT2D eigenvalue weighted by molar-refractivity contribution is 0.0701. The summed E-state index contributed by atoms with van der Waals surface area (Å²) < 4.78 is 0. The van der Waals surface area contributed by atoms with E-state index in [0.717, 1.165) is 24.4 Å². The number of hydrogen-bond donors (Lipinski definition) is 0. The molecule has 1 aromatic rings. The summed E-state index contributed by atoms with van der Waals surface area (Å²) in [6.45, 7) is 3.70. The maximum Gasteiger partial charge on any atom is 0.282 e. The summed E-state index contributed by atoms with van der Waals surface area (Å²) in [6.07, 6.45) is 5.11. The SMILES string of the molecule is Cc1cnc(C(=O)N2CCC3SC=CC3C2)s1. The molecule has 0 aliphatic carbocycles. The number of rotatable bonds is 1. The summed E-state index contributed by atoms with van der Waals surface area (Å²) in [5, 5.41) is 3.50. The molecule has 1 saturated heterocycles. The molecule has 3 rings (SSSR count). The molecule has 0 spiro atoms. The second kappa shape index (κ2) is 4.46. The molecule has 3 heterocycles. The second-order valence-corrected chi connectivity index (χ2v) is 6.87. The van der Waals surface area contributed by atoms with E-state index < -0.39 is 0 Å². The van der Waals surface area contributed by atoms with Gasteiger partial charge in [-0.2, -0.15) is 0 Å². The van der Waals surface area contributed by atoms with Crippen molar-refractivity contribution < 1.29 is 4.79 Å². The highest BCUT2D eigenvalue weighted by molar-refractivity contribution is 8.03. The largest absolute Gasteiger partial charge is 0.336 e. The quantitative estimate of drug-likeness (QED) is 0.783. The lowest BCUT2D eigenvalue weighted by atomic mass is 9.98. The van der Waals surface area contributed by atoms with Gasteiger partial charge in [0.1, 0.15) is 0 Å². The smallest absolute Gasteiger partial charge is 0.282 e. The zero-order valence-corrected chi connectivity index (χ0v) is 11.3. The molecule has 0 aromatic carbocycles. The van der Waals surface area contributed by atoms with Crippen LogP contribution in [0, 0.1) is 12.8 Å². The van der Waals surface area contributed by atoms with Gasteiger partial charge in [-0.3, -0.25) is 4.79 Å². The van der Waals surface area contributed by atoms with E-state index in [9.17, 15) is 4.79 Å². The van der Waals surface area contributed by atoms with E-state index in [1.54, 1.807) is 6.20 Å². The molecular formula is C12H14N2OS2. The monoisotopic (exact) mass is 266 g/mol. The average Bonchev–Trinajstić information content (AvgIpc) is 2.95. The molecule has 1 aromatic heterocycles. The molecule has 2 aliphatic heterocycles. The molecule has 90 valence electrons. The van der Waals surface area contributed by atoms with Gasteiger partial charge in [0, 0.05) is 35.3 Å². The highest BCUT2D eigenvalue weighted by Gasteiger charge is 2.33. The van der Waals surface area contributed by atoms with Crippen LogP contribution in [0.1, 0.15) is 21.1 Å². The van der Waals surface area contributed by atoms with Crippen LogP contribution in [0.5, 0.6) is 0 Å². The van der Waals surface area contributed by atoms with Gasteiger partial charge < -0.3 is 4.90 Å². The molecule has 1 fully saturated rings.